The standard InChI is InChI=1S/C16H17IO4/c17-14-9-6-12-21-16(14)20-11-5-4-10-19-15(18)13-7-2-1-3-8-13/h1-3,7-8,14,16H,6,9-12H2/t14-,16-/m1/s1. The normalized spacial score (nSPS) is 21.2. The van der Waals surface area contributed by atoms with Crippen molar-refractivity contribution in [2.75, 3.05) is 19.8 Å². The molecule has 0 aromatic heterocycles. The molecule has 0 aliphatic carbocycles. The van der Waals surface area contributed by atoms with Crippen LogP contribution in [0.5, 0.6) is 0 Å². The number of carbonyl (C=O) groups is 1. The summed E-state index contributed by atoms with van der Waals surface area (Å²) in [5, 5.41) is 0. The summed E-state index contributed by atoms with van der Waals surface area (Å²) in [6, 6.07) is 8.85. The smallest absolute Gasteiger partial charge is 0.339 e. The zero-order chi connectivity index (χ0) is 14.9. The highest BCUT2D eigenvalue weighted by Crippen LogP contribution is 2.22. The summed E-state index contributed by atoms with van der Waals surface area (Å²) in [7, 11) is 0. The lowest BCUT2D eigenvalue weighted by Gasteiger charge is -2.26. The van der Waals surface area contributed by atoms with E-state index in [0.29, 0.717) is 9.49 Å². The highest BCUT2D eigenvalue weighted by molar-refractivity contribution is 14.1. The predicted molar refractivity (Wildman–Crippen MR) is 87.2 cm³/mol. The molecule has 2 atom stereocenters. The molecule has 0 spiro atoms. The summed E-state index contributed by atoms with van der Waals surface area (Å²) in [5.41, 5.74) is 0.527. The summed E-state index contributed by atoms with van der Waals surface area (Å²) in [4.78, 5) is 11.6. The van der Waals surface area contributed by atoms with Crippen LogP contribution >= 0.6 is 22.6 Å². The monoisotopic (exact) mass is 400 g/mol. The first-order valence-electron chi connectivity index (χ1n) is 6.82. The van der Waals surface area contributed by atoms with E-state index in [2.05, 4.69) is 34.4 Å². The maximum atomic E-state index is 11.6. The van der Waals surface area contributed by atoms with Gasteiger partial charge in [0.15, 0.2) is 12.9 Å². The molecule has 5 heteroatoms. The van der Waals surface area contributed by atoms with Crippen molar-refractivity contribution in [1.29, 1.82) is 0 Å². The third kappa shape index (κ3) is 5.65. The molecule has 0 radical (unpaired) electrons. The molecule has 0 N–H and O–H groups in total. The third-order valence-corrected chi connectivity index (χ3v) is 4.14. The van der Waals surface area contributed by atoms with Gasteiger partial charge in [-0.25, -0.2) is 4.79 Å². The Morgan fingerprint density at radius 1 is 1.29 bits per heavy atom. The van der Waals surface area contributed by atoms with E-state index >= 15 is 0 Å². The summed E-state index contributed by atoms with van der Waals surface area (Å²) in [6.07, 6.45) is 2.00. The van der Waals surface area contributed by atoms with E-state index in [-0.39, 0.29) is 25.5 Å². The highest BCUT2D eigenvalue weighted by atomic mass is 127. The Bertz CT molecular complexity index is 506. The number of hydrogen-bond acceptors (Lipinski definition) is 4. The van der Waals surface area contributed by atoms with Crippen LogP contribution in [0.25, 0.3) is 0 Å². The number of rotatable bonds is 4. The van der Waals surface area contributed by atoms with Crippen LogP contribution in [0.4, 0.5) is 0 Å². The maximum Gasteiger partial charge on any atom is 0.339 e. The summed E-state index contributed by atoms with van der Waals surface area (Å²) in [6.45, 7) is 1.09. The Morgan fingerprint density at radius 2 is 2.05 bits per heavy atom. The van der Waals surface area contributed by atoms with Crippen molar-refractivity contribution in [2.45, 2.75) is 23.1 Å². The quantitative estimate of drug-likeness (QED) is 0.338. The molecule has 1 aliphatic rings. The lowest BCUT2D eigenvalue weighted by atomic mass is 10.2. The van der Waals surface area contributed by atoms with Gasteiger partial charge in [0.1, 0.15) is 6.61 Å². The fourth-order valence-electron chi connectivity index (χ4n) is 1.86. The van der Waals surface area contributed by atoms with Crippen molar-refractivity contribution in [2.24, 2.45) is 0 Å². The molecule has 0 saturated carbocycles. The molecule has 1 aromatic rings. The van der Waals surface area contributed by atoms with Crippen molar-refractivity contribution >= 4 is 28.6 Å². The highest BCUT2D eigenvalue weighted by Gasteiger charge is 2.23. The lowest BCUT2D eigenvalue weighted by molar-refractivity contribution is -0.146. The molecular weight excluding hydrogens is 383 g/mol. The van der Waals surface area contributed by atoms with Gasteiger partial charge in [0.25, 0.3) is 0 Å². The van der Waals surface area contributed by atoms with Gasteiger partial charge in [-0.15, -0.1) is 0 Å². The molecule has 4 nitrogen and oxygen atoms in total. The maximum absolute atomic E-state index is 11.6. The number of carbonyl (C=O) groups excluding carboxylic acids is 1. The van der Waals surface area contributed by atoms with E-state index in [9.17, 15) is 4.79 Å². The number of esters is 1. The zero-order valence-electron chi connectivity index (χ0n) is 11.6. The topological polar surface area (TPSA) is 44.8 Å². The Kier molecular flexibility index (Phi) is 7.00. The van der Waals surface area contributed by atoms with Crippen LogP contribution in [0.15, 0.2) is 30.3 Å². The second kappa shape index (κ2) is 9.03. The van der Waals surface area contributed by atoms with Crippen LogP contribution in [-0.4, -0.2) is 36.0 Å². The summed E-state index contributed by atoms with van der Waals surface area (Å²) in [5.74, 6) is 5.22. The van der Waals surface area contributed by atoms with Crippen LogP contribution in [0.3, 0.4) is 0 Å². The molecular formula is C16H17IO4. The van der Waals surface area contributed by atoms with Crippen LogP contribution in [0, 0.1) is 11.8 Å². The van der Waals surface area contributed by atoms with Crippen molar-refractivity contribution < 1.29 is 19.0 Å². The van der Waals surface area contributed by atoms with Gasteiger partial charge in [0.2, 0.25) is 0 Å². The fraction of sp³-hybridized carbons (Fsp3) is 0.438. The molecule has 2 rings (SSSR count). The van der Waals surface area contributed by atoms with E-state index < -0.39 is 0 Å². The number of halogens is 1. The fourth-order valence-corrected chi connectivity index (χ4v) is 2.71. The second-order valence-corrected chi connectivity index (χ2v) is 6.10. The molecule has 1 heterocycles. The number of hydrogen-bond donors (Lipinski definition) is 0. The first-order chi connectivity index (χ1) is 10.3. The minimum absolute atomic E-state index is 0.0657. The van der Waals surface area contributed by atoms with E-state index in [4.69, 9.17) is 14.2 Å². The number of ether oxygens (including phenoxy) is 3. The first kappa shape index (κ1) is 16.3. The molecule has 112 valence electrons. The average Bonchev–Trinajstić information content (AvgIpc) is 2.53. The lowest BCUT2D eigenvalue weighted by Crippen LogP contribution is -2.32. The molecule has 0 bridgehead atoms. The largest absolute Gasteiger partial charge is 0.449 e. The van der Waals surface area contributed by atoms with Crippen LogP contribution in [0.1, 0.15) is 23.2 Å². The van der Waals surface area contributed by atoms with Crippen molar-refractivity contribution in [3.05, 3.63) is 35.9 Å². The van der Waals surface area contributed by atoms with Gasteiger partial charge in [-0.3, -0.25) is 0 Å². The van der Waals surface area contributed by atoms with Crippen LogP contribution in [0.2, 0.25) is 0 Å². The summed E-state index contributed by atoms with van der Waals surface area (Å²) >= 11 is 2.33. The van der Waals surface area contributed by atoms with Gasteiger partial charge >= 0.3 is 5.97 Å². The number of alkyl halides is 1. The average molecular weight is 400 g/mol. The Balaban J connectivity index is 1.64. The van der Waals surface area contributed by atoms with E-state index in [1.807, 2.05) is 6.07 Å². The van der Waals surface area contributed by atoms with Crippen molar-refractivity contribution in [1.82, 2.24) is 0 Å². The number of benzene rings is 1. The van der Waals surface area contributed by atoms with Crippen molar-refractivity contribution in [3.63, 3.8) is 0 Å². The predicted octanol–water partition coefficient (Wildman–Crippen LogP) is 2.80. The molecule has 0 unspecified atom stereocenters. The van der Waals surface area contributed by atoms with E-state index in [1.54, 1.807) is 24.3 Å². The van der Waals surface area contributed by atoms with Crippen LogP contribution in [-0.2, 0) is 14.2 Å². The SMILES string of the molecule is O=C(OCC#CCO[C@@H]1OCCC[C@H]1I)c1ccccc1. The van der Waals surface area contributed by atoms with Gasteiger partial charge in [-0.2, -0.15) is 0 Å². The van der Waals surface area contributed by atoms with E-state index in [1.165, 1.54) is 0 Å². The molecule has 21 heavy (non-hydrogen) atoms. The van der Waals surface area contributed by atoms with Gasteiger partial charge in [0.05, 0.1) is 9.49 Å². The first-order valence-corrected chi connectivity index (χ1v) is 8.07. The molecule has 1 aromatic carbocycles. The Labute approximate surface area is 138 Å². The Hall–Kier alpha value is -1.10. The van der Waals surface area contributed by atoms with E-state index in [0.717, 1.165) is 19.4 Å². The third-order valence-electron chi connectivity index (χ3n) is 2.93. The molecule has 1 aliphatic heterocycles. The van der Waals surface area contributed by atoms with Gasteiger partial charge < -0.3 is 14.2 Å². The minimum Gasteiger partial charge on any atom is -0.449 e. The minimum atomic E-state index is -0.367. The van der Waals surface area contributed by atoms with Crippen molar-refractivity contribution in [3.8, 4) is 11.8 Å². The molecule has 1 saturated heterocycles. The summed E-state index contributed by atoms with van der Waals surface area (Å²) < 4.78 is 16.5. The Morgan fingerprint density at radius 3 is 2.81 bits per heavy atom. The molecule has 0 amide bonds. The van der Waals surface area contributed by atoms with Gasteiger partial charge in [-0.1, -0.05) is 52.6 Å². The van der Waals surface area contributed by atoms with Gasteiger partial charge in [0, 0.05) is 6.61 Å². The molecule has 1 fully saturated rings. The second-order valence-electron chi connectivity index (χ2n) is 4.50. The zero-order valence-corrected chi connectivity index (χ0v) is 13.7. The van der Waals surface area contributed by atoms with Crippen LogP contribution < -0.4 is 0 Å². The van der Waals surface area contributed by atoms with Gasteiger partial charge in [-0.05, 0) is 25.0 Å².